The molecule has 0 aliphatic heterocycles. The molecule has 6 heteroatoms. The lowest BCUT2D eigenvalue weighted by atomic mass is 10.0. The molecule has 1 aromatic carbocycles. The van der Waals surface area contributed by atoms with Crippen LogP contribution in [0.3, 0.4) is 0 Å². The number of hydrogen-bond donors (Lipinski definition) is 2. The predicted molar refractivity (Wildman–Crippen MR) is 82.0 cm³/mol. The van der Waals surface area contributed by atoms with Crippen molar-refractivity contribution in [3.05, 3.63) is 29.8 Å². The van der Waals surface area contributed by atoms with E-state index in [4.69, 9.17) is 14.6 Å². The average molecular weight is 309 g/mol. The van der Waals surface area contributed by atoms with Crippen LogP contribution in [0, 0.1) is 0 Å². The second-order valence-corrected chi connectivity index (χ2v) is 5.90. The molecule has 0 saturated heterocycles. The first-order valence-electron chi connectivity index (χ1n) is 7.06. The maximum Gasteiger partial charge on any atom is 0.408 e. The number of alkyl carbamates (subject to hydrolysis) is 1. The number of hydrogen-bond acceptors (Lipinski definition) is 4. The van der Waals surface area contributed by atoms with Crippen molar-refractivity contribution in [1.29, 1.82) is 0 Å². The SMILES string of the molecule is COc1ccc([C@H](CCC(=O)O)NC(=O)OC(C)(C)C)cc1. The van der Waals surface area contributed by atoms with Crippen LogP contribution < -0.4 is 10.1 Å². The van der Waals surface area contributed by atoms with Crippen LogP contribution in [0.4, 0.5) is 4.79 Å². The average Bonchev–Trinajstić information content (AvgIpc) is 2.41. The highest BCUT2D eigenvalue weighted by Gasteiger charge is 2.21. The fourth-order valence-electron chi connectivity index (χ4n) is 1.88. The van der Waals surface area contributed by atoms with Crippen molar-refractivity contribution < 1.29 is 24.2 Å². The molecular weight excluding hydrogens is 286 g/mol. The summed E-state index contributed by atoms with van der Waals surface area (Å²) >= 11 is 0. The van der Waals surface area contributed by atoms with Crippen LogP contribution in [0.5, 0.6) is 5.75 Å². The van der Waals surface area contributed by atoms with Gasteiger partial charge in [-0.25, -0.2) is 4.79 Å². The highest BCUT2D eigenvalue weighted by Crippen LogP contribution is 2.22. The zero-order valence-corrected chi connectivity index (χ0v) is 13.4. The summed E-state index contributed by atoms with van der Waals surface area (Å²) in [6.45, 7) is 5.31. The Hall–Kier alpha value is -2.24. The largest absolute Gasteiger partial charge is 0.497 e. The Labute approximate surface area is 130 Å². The van der Waals surface area contributed by atoms with E-state index in [1.54, 1.807) is 52.1 Å². The van der Waals surface area contributed by atoms with Gasteiger partial charge in [0.05, 0.1) is 13.2 Å². The Morgan fingerprint density at radius 2 is 1.82 bits per heavy atom. The van der Waals surface area contributed by atoms with Crippen LogP contribution in [0.2, 0.25) is 0 Å². The zero-order valence-electron chi connectivity index (χ0n) is 13.4. The molecule has 1 rings (SSSR count). The third-order valence-corrected chi connectivity index (χ3v) is 2.86. The van der Waals surface area contributed by atoms with Crippen molar-refractivity contribution in [2.24, 2.45) is 0 Å². The number of ether oxygens (including phenoxy) is 2. The highest BCUT2D eigenvalue weighted by atomic mass is 16.6. The smallest absolute Gasteiger partial charge is 0.408 e. The lowest BCUT2D eigenvalue weighted by Gasteiger charge is -2.23. The van der Waals surface area contributed by atoms with E-state index in [1.165, 1.54) is 0 Å². The van der Waals surface area contributed by atoms with E-state index in [1.807, 2.05) is 0 Å². The molecule has 0 aromatic heterocycles. The Kier molecular flexibility index (Phi) is 6.22. The van der Waals surface area contributed by atoms with E-state index >= 15 is 0 Å². The lowest BCUT2D eigenvalue weighted by molar-refractivity contribution is -0.137. The van der Waals surface area contributed by atoms with Gasteiger partial charge < -0.3 is 19.9 Å². The maximum atomic E-state index is 11.9. The molecule has 22 heavy (non-hydrogen) atoms. The van der Waals surface area contributed by atoms with E-state index in [2.05, 4.69) is 5.32 Å². The third-order valence-electron chi connectivity index (χ3n) is 2.86. The summed E-state index contributed by atoms with van der Waals surface area (Å²) < 4.78 is 10.3. The lowest BCUT2D eigenvalue weighted by Crippen LogP contribution is -2.35. The fraction of sp³-hybridized carbons (Fsp3) is 0.500. The summed E-state index contributed by atoms with van der Waals surface area (Å²) in [6.07, 6.45) is -0.341. The molecule has 0 unspecified atom stereocenters. The number of carbonyl (C=O) groups excluding carboxylic acids is 1. The molecular formula is C16H23NO5. The van der Waals surface area contributed by atoms with E-state index in [0.29, 0.717) is 5.75 Å². The quantitative estimate of drug-likeness (QED) is 0.843. The minimum absolute atomic E-state index is 0.0491. The first-order chi connectivity index (χ1) is 10.2. The second-order valence-electron chi connectivity index (χ2n) is 5.90. The van der Waals surface area contributed by atoms with Gasteiger partial charge >= 0.3 is 12.1 Å². The molecule has 1 amide bonds. The minimum Gasteiger partial charge on any atom is -0.497 e. The van der Waals surface area contributed by atoms with Crippen LogP contribution in [0.1, 0.15) is 45.2 Å². The monoisotopic (exact) mass is 309 g/mol. The number of benzene rings is 1. The molecule has 0 heterocycles. The van der Waals surface area contributed by atoms with Gasteiger partial charge in [0, 0.05) is 6.42 Å². The first kappa shape index (κ1) is 17.8. The van der Waals surface area contributed by atoms with Gasteiger partial charge in [0.2, 0.25) is 0 Å². The summed E-state index contributed by atoms with van der Waals surface area (Å²) in [7, 11) is 1.57. The molecule has 1 atom stereocenters. The Morgan fingerprint density at radius 3 is 2.27 bits per heavy atom. The standard InChI is InChI=1S/C16H23NO5/c1-16(2,3)22-15(20)17-13(9-10-14(18)19)11-5-7-12(21-4)8-6-11/h5-8,13H,9-10H2,1-4H3,(H,17,20)(H,18,19)/t13-/m0/s1. The molecule has 0 bridgehead atoms. The molecule has 0 saturated carbocycles. The summed E-state index contributed by atoms with van der Waals surface area (Å²) in [5.74, 6) is -0.220. The van der Waals surface area contributed by atoms with Crippen molar-refractivity contribution in [1.82, 2.24) is 5.32 Å². The molecule has 1 aromatic rings. The second kappa shape index (κ2) is 7.68. The summed E-state index contributed by atoms with van der Waals surface area (Å²) in [5, 5.41) is 11.6. The van der Waals surface area contributed by atoms with Crippen molar-refractivity contribution in [3.63, 3.8) is 0 Å². The first-order valence-corrected chi connectivity index (χ1v) is 7.06. The van der Waals surface area contributed by atoms with Crippen LogP contribution in [0.15, 0.2) is 24.3 Å². The Balaban J connectivity index is 2.82. The van der Waals surface area contributed by atoms with Gasteiger partial charge in [0.25, 0.3) is 0 Å². The predicted octanol–water partition coefficient (Wildman–Crippen LogP) is 3.13. The molecule has 0 spiro atoms. The zero-order chi connectivity index (χ0) is 16.8. The van der Waals surface area contributed by atoms with Crippen molar-refractivity contribution in [3.8, 4) is 5.75 Å². The van der Waals surface area contributed by atoms with E-state index < -0.39 is 23.7 Å². The number of carboxylic acids is 1. The van der Waals surface area contributed by atoms with Crippen LogP contribution in [-0.2, 0) is 9.53 Å². The summed E-state index contributed by atoms with van der Waals surface area (Å²) in [5.41, 5.74) is 0.189. The van der Waals surface area contributed by atoms with Gasteiger partial charge in [-0.05, 0) is 44.9 Å². The summed E-state index contributed by atoms with van der Waals surface area (Å²) in [4.78, 5) is 22.7. The number of aliphatic carboxylic acids is 1. The van der Waals surface area contributed by atoms with Crippen molar-refractivity contribution in [2.45, 2.75) is 45.3 Å². The number of amides is 1. The highest BCUT2D eigenvalue weighted by molar-refractivity contribution is 5.69. The number of carbonyl (C=O) groups is 2. The number of nitrogens with one attached hydrogen (secondary N) is 1. The van der Waals surface area contributed by atoms with Crippen LogP contribution >= 0.6 is 0 Å². The molecule has 6 nitrogen and oxygen atoms in total. The van der Waals surface area contributed by atoms with Crippen LogP contribution in [-0.4, -0.2) is 29.9 Å². The van der Waals surface area contributed by atoms with Crippen molar-refractivity contribution >= 4 is 12.1 Å². The molecule has 0 radical (unpaired) electrons. The number of methoxy groups -OCH3 is 1. The van der Waals surface area contributed by atoms with Gasteiger partial charge in [0.15, 0.2) is 0 Å². The molecule has 0 fully saturated rings. The van der Waals surface area contributed by atoms with E-state index in [0.717, 1.165) is 5.56 Å². The summed E-state index contributed by atoms with van der Waals surface area (Å²) in [6, 6.07) is 6.68. The van der Waals surface area contributed by atoms with E-state index in [-0.39, 0.29) is 12.8 Å². The number of rotatable bonds is 6. The van der Waals surface area contributed by atoms with Crippen LogP contribution in [0.25, 0.3) is 0 Å². The Morgan fingerprint density at radius 1 is 1.23 bits per heavy atom. The molecule has 122 valence electrons. The van der Waals surface area contributed by atoms with Gasteiger partial charge in [0.1, 0.15) is 11.4 Å². The molecule has 0 aliphatic carbocycles. The van der Waals surface area contributed by atoms with Crippen molar-refractivity contribution in [2.75, 3.05) is 7.11 Å². The van der Waals surface area contributed by atoms with Gasteiger partial charge in [-0.15, -0.1) is 0 Å². The maximum absolute atomic E-state index is 11.9. The van der Waals surface area contributed by atoms with E-state index in [9.17, 15) is 9.59 Å². The fourth-order valence-corrected chi connectivity index (χ4v) is 1.88. The minimum atomic E-state index is -0.912. The molecule has 2 N–H and O–H groups in total. The molecule has 0 aliphatic rings. The number of carboxylic acid groups (broad SMARTS) is 1. The normalized spacial score (nSPS) is 12.4. The topological polar surface area (TPSA) is 84.9 Å². The third kappa shape index (κ3) is 6.47. The Bertz CT molecular complexity index is 504. The van der Waals surface area contributed by atoms with Gasteiger partial charge in [-0.2, -0.15) is 0 Å². The van der Waals surface area contributed by atoms with Gasteiger partial charge in [-0.1, -0.05) is 12.1 Å². The van der Waals surface area contributed by atoms with Gasteiger partial charge in [-0.3, -0.25) is 4.79 Å².